The van der Waals surface area contributed by atoms with E-state index in [0.717, 1.165) is 18.2 Å². The Balaban J connectivity index is 1.67. The van der Waals surface area contributed by atoms with Crippen LogP contribution in [0.15, 0.2) is 48.5 Å². The number of phenolic OH excluding ortho intramolecular Hbond substituents is 1. The Morgan fingerprint density at radius 2 is 1.89 bits per heavy atom. The molecule has 2 aromatic rings. The van der Waals surface area contributed by atoms with E-state index in [9.17, 15) is 5.11 Å². The van der Waals surface area contributed by atoms with Crippen LogP contribution in [0.25, 0.3) is 0 Å². The first-order valence-corrected chi connectivity index (χ1v) is 6.43. The van der Waals surface area contributed by atoms with Gasteiger partial charge in [-0.25, -0.2) is 0 Å². The first-order chi connectivity index (χ1) is 8.81. The van der Waals surface area contributed by atoms with Crippen LogP contribution in [-0.2, 0) is 6.54 Å². The fourth-order valence-corrected chi connectivity index (χ4v) is 2.19. The van der Waals surface area contributed by atoms with E-state index in [1.165, 1.54) is 24.0 Å². The SMILES string of the molecule is Oc1cccc(NCc2cccc(C3CC3)c2)c1. The van der Waals surface area contributed by atoms with Gasteiger partial charge in [0.05, 0.1) is 0 Å². The Morgan fingerprint density at radius 3 is 2.67 bits per heavy atom. The molecule has 0 aliphatic heterocycles. The van der Waals surface area contributed by atoms with Crippen molar-refractivity contribution in [3.8, 4) is 5.75 Å². The van der Waals surface area contributed by atoms with E-state index < -0.39 is 0 Å². The topological polar surface area (TPSA) is 32.3 Å². The van der Waals surface area contributed by atoms with E-state index in [2.05, 4.69) is 29.6 Å². The zero-order chi connectivity index (χ0) is 12.4. The summed E-state index contributed by atoms with van der Waals surface area (Å²) in [5, 5.41) is 12.7. The van der Waals surface area contributed by atoms with Crippen LogP contribution >= 0.6 is 0 Å². The molecule has 0 radical (unpaired) electrons. The van der Waals surface area contributed by atoms with Crippen molar-refractivity contribution in [1.82, 2.24) is 0 Å². The molecule has 0 saturated heterocycles. The largest absolute Gasteiger partial charge is 0.508 e. The predicted octanol–water partition coefficient (Wildman–Crippen LogP) is 3.88. The molecule has 3 rings (SSSR count). The van der Waals surface area contributed by atoms with Gasteiger partial charge in [0, 0.05) is 18.3 Å². The number of aromatic hydroxyl groups is 1. The third-order valence-electron chi connectivity index (χ3n) is 3.34. The van der Waals surface area contributed by atoms with Crippen molar-refractivity contribution in [2.45, 2.75) is 25.3 Å². The normalized spacial score (nSPS) is 14.4. The van der Waals surface area contributed by atoms with Gasteiger partial charge in [-0.2, -0.15) is 0 Å². The number of phenols is 1. The molecule has 0 amide bonds. The summed E-state index contributed by atoms with van der Waals surface area (Å²) in [5.74, 6) is 1.09. The minimum Gasteiger partial charge on any atom is -0.508 e. The Morgan fingerprint density at radius 1 is 1.06 bits per heavy atom. The van der Waals surface area contributed by atoms with Crippen LogP contribution in [0.5, 0.6) is 5.75 Å². The van der Waals surface area contributed by atoms with Crippen LogP contribution < -0.4 is 5.32 Å². The second-order valence-corrected chi connectivity index (χ2v) is 4.92. The smallest absolute Gasteiger partial charge is 0.117 e. The molecule has 1 aliphatic rings. The highest BCUT2D eigenvalue weighted by atomic mass is 16.3. The Labute approximate surface area is 107 Å². The summed E-state index contributed by atoms with van der Waals surface area (Å²) in [7, 11) is 0. The molecule has 0 bridgehead atoms. The molecule has 0 heterocycles. The van der Waals surface area contributed by atoms with Gasteiger partial charge in [-0.3, -0.25) is 0 Å². The van der Waals surface area contributed by atoms with Crippen molar-refractivity contribution < 1.29 is 5.11 Å². The Hall–Kier alpha value is -1.96. The van der Waals surface area contributed by atoms with Gasteiger partial charge in [0.15, 0.2) is 0 Å². The van der Waals surface area contributed by atoms with Gasteiger partial charge >= 0.3 is 0 Å². The van der Waals surface area contributed by atoms with Gasteiger partial charge in [0.25, 0.3) is 0 Å². The van der Waals surface area contributed by atoms with E-state index in [-0.39, 0.29) is 0 Å². The molecular formula is C16H17NO. The van der Waals surface area contributed by atoms with Gasteiger partial charge in [0.1, 0.15) is 5.75 Å². The Kier molecular flexibility index (Phi) is 2.93. The third kappa shape index (κ3) is 2.65. The molecule has 2 heteroatoms. The van der Waals surface area contributed by atoms with Crippen molar-refractivity contribution >= 4 is 5.69 Å². The number of rotatable bonds is 4. The second kappa shape index (κ2) is 4.73. The summed E-state index contributed by atoms with van der Waals surface area (Å²) in [5.41, 5.74) is 3.71. The van der Waals surface area contributed by atoms with Gasteiger partial charge < -0.3 is 10.4 Å². The highest BCUT2D eigenvalue weighted by Gasteiger charge is 2.23. The Bertz CT molecular complexity index is 546. The highest BCUT2D eigenvalue weighted by molar-refractivity contribution is 5.48. The average Bonchev–Trinajstić information content (AvgIpc) is 3.21. The molecule has 2 N–H and O–H groups in total. The van der Waals surface area contributed by atoms with Crippen LogP contribution in [-0.4, -0.2) is 5.11 Å². The number of anilines is 1. The maximum Gasteiger partial charge on any atom is 0.117 e. The molecule has 2 nitrogen and oxygen atoms in total. The van der Waals surface area contributed by atoms with Crippen LogP contribution in [0, 0.1) is 0 Å². The number of nitrogens with one attached hydrogen (secondary N) is 1. The first-order valence-electron chi connectivity index (χ1n) is 6.43. The van der Waals surface area contributed by atoms with E-state index in [1.54, 1.807) is 12.1 Å². The summed E-state index contributed by atoms with van der Waals surface area (Å²) in [6.45, 7) is 0.796. The number of hydrogen-bond donors (Lipinski definition) is 2. The molecule has 0 spiro atoms. The average molecular weight is 239 g/mol. The highest BCUT2D eigenvalue weighted by Crippen LogP contribution is 2.40. The summed E-state index contributed by atoms with van der Waals surface area (Å²) >= 11 is 0. The number of benzene rings is 2. The van der Waals surface area contributed by atoms with E-state index >= 15 is 0 Å². The van der Waals surface area contributed by atoms with Crippen molar-refractivity contribution in [2.24, 2.45) is 0 Å². The summed E-state index contributed by atoms with van der Waals surface area (Å²) < 4.78 is 0. The van der Waals surface area contributed by atoms with Gasteiger partial charge in [-0.15, -0.1) is 0 Å². The molecule has 2 aromatic carbocycles. The fraction of sp³-hybridized carbons (Fsp3) is 0.250. The monoisotopic (exact) mass is 239 g/mol. The van der Waals surface area contributed by atoms with Crippen molar-refractivity contribution in [3.05, 3.63) is 59.7 Å². The quantitative estimate of drug-likeness (QED) is 0.848. The maximum atomic E-state index is 9.40. The summed E-state index contributed by atoms with van der Waals surface area (Å²) in [6, 6.07) is 16.0. The lowest BCUT2D eigenvalue weighted by Crippen LogP contribution is -1.99. The van der Waals surface area contributed by atoms with E-state index in [4.69, 9.17) is 0 Å². The van der Waals surface area contributed by atoms with Crippen molar-refractivity contribution in [1.29, 1.82) is 0 Å². The van der Waals surface area contributed by atoms with Crippen LogP contribution in [0.2, 0.25) is 0 Å². The van der Waals surface area contributed by atoms with Crippen LogP contribution in [0.3, 0.4) is 0 Å². The van der Waals surface area contributed by atoms with Gasteiger partial charge in [-0.1, -0.05) is 30.3 Å². The molecule has 92 valence electrons. The lowest BCUT2D eigenvalue weighted by molar-refractivity contribution is 0.475. The van der Waals surface area contributed by atoms with Crippen molar-refractivity contribution in [2.75, 3.05) is 5.32 Å². The lowest BCUT2D eigenvalue weighted by Gasteiger charge is -2.08. The molecule has 0 atom stereocenters. The number of hydrogen-bond acceptors (Lipinski definition) is 2. The molecule has 1 fully saturated rings. The predicted molar refractivity (Wildman–Crippen MR) is 73.9 cm³/mol. The van der Waals surface area contributed by atoms with Gasteiger partial charge in [0.2, 0.25) is 0 Å². The van der Waals surface area contributed by atoms with E-state index in [0.29, 0.717) is 5.75 Å². The first kappa shape index (κ1) is 11.1. The van der Waals surface area contributed by atoms with Crippen molar-refractivity contribution in [3.63, 3.8) is 0 Å². The van der Waals surface area contributed by atoms with Gasteiger partial charge in [-0.05, 0) is 42.0 Å². The van der Waals surface area contributed by atoms with Crippen LogP contribution in [0.4, 0.5) is 5.69 Å². The molecule has 0 unspecified atom stereocenters. The third-order valence-corrected chi connectivity index (χ3v) is 3.34. The van der Waals surface area contributed by atoms with E-state index in [1.807, 2.05) is 12.1 Å². The summed E-state index contributed by atoms with van der Waals surface area (Å²) in [6.07, 6.45) is 2.67. The zero-order valence-corrected chi connectivity index (χ0v) is 10.3. The molecule has 1 aliphatic carbocycles. The summed E-state index contributed by atoms with van der Waals surface area (Å²) in [4.78, 5) is 0. The minimum absolute atomic E-state index is 0.298. The molecule has 1 saturated carbocycles. The molecular weight excluding hydrogens is 222 g/mol. The molecule has 0 aromatic heterocycles. The zero-order valence-electron chi connectivity index (χ0n) is 10.3. The fourth-order valence-electron chi connectivity index (χ4n) is 2.19. The minimum atomic E-state index is 0.298. The van der Waals surface area contributed by atoms with Crippen LogP contribution in [0.1, 0.15) is 29.9 Å². The standard InChI is InChI=1S/C16H17NO/c18-16-6-2-5-15(10-16)17-11-12-3-1-4-14(9-12)13-7-8-13/h1-6,9-10,13,17-18H,7-8,11H2. The second-order valence-electron chi connectivity index (χ2n) is 4.92. The molecule has 18 heavy (non-hydrogen) atoms. The lowest BCUT2D eigenvalue weighted by atomic mass is 10.1. The maximum absolute atomic E-state index is 9.40.